The molecule has 1 aromatic carbocycles. The number of allylic oxidation sites excluding steroid dienone is 2. The Balaban J connectivity index is 2.14. The molecule has 1 aliphatic rings. The summed E-state index contributed by atoms with van der Waals surface area (Å²) in [6, 6.07) is 5.01. The normalized spacial score (nSPS) is 18.3. The summed E-state index contributed by atoms with van der Waals surface area (Å²) < 4.78 is 38.7. The Morgan fingerprint density at radius 3 is 2.12 bits per heavy atom. The number of hydrogen-bond acceptors (Lipinski definition) is 3. The lowest BCUT2D eigenvalue weighted by Gasteiger charge is -2.33. The molecular weight excluding hydrogens is 315 g/mol. The van der Waals surface area contributed by atoms with Crippen molar-refractivity contribution in [2.45, 2.75) is 44.7 Å². The minimum absolute atomic E-state index is 0.207. The van der Waals surface area contributed by atoms with Crippen LogP contribution < -0.4 is 0 Å². The van der Waals surface area contributed by atoms with Crippen LogP contribution >= 0.6 is 0 Å². The Morgan fingerprint density at radius 2 is 1.50 bits per heavy atom. The van der Waals surface area contributed by atoms with Crippen molar-refractivity contribution in [2.24, 2.45) is 0 Å². The monoisotopic (exact) mass is 333 g/mol. The molecular formula is C18H18F3N3. The maximum Gasteiger partial charge on any atom is 0.416 e. The van der Waals surface area contributed by atoms with Gasteiger partial charge in [0.15, 0.2) is 5.82 Å². The van der Waals surface area contributed by atoms with Gasteiger partial charge in [0.1, 0.15) is 0 Å². The number of aromatic nitrogens is 3. The molecule has 1 aromatic heterocycles. The lowest BCUT2D eigenvalue weighted by Crippen LogP contribution is -2.32. The fourth-order valence-corrected chi connectivity index (χ4v) is 2.74. The summed E-state index contributed by atoms with van der Waals surface area (Å²) in [7, 11) is 0. The van der Waals surface area contributed by atoms with E-state index >= 15 is 0 Å². The van der Waals surface area contributed by atoms with E-state index in [2.05, 4.69) is 27.3 Å². The van der Waals surface area contributed by atoms with E-state index in [9.17, 15) is 13.2 Å². The fraction of sp³-hybridized carbons (Fsp3) is 0.389. The van der Waals surface area contributed by atoms with E-state index in [1.54, 1.807) is 6.07 Å². The molecule has 1 heterocycles. The van der Waals surface area contributed by atoms with E-state index in [-0.39, 0.29) is 16.7 Å². The first kappa shape index (κ1) is 16.6. The zero-order valence-electron chi connectivity index (χ0n) is 13.9. The highest BCUT2D eigenvalue weighted by Crippen LogP contribution is 2.39. The molecule has 0 bridgehead atoms. The summed E-state index contributed by atoms with van der Waals surface area (Å²) in [5.41, 5.74) is 0.432. The molecule has 0 N–H and O–H groups in total. The van der Waals surface area contributed by atoms with Crippen LogP contribution in [0.5, 0.6) is 0 Å². The summed E-state index contributed by atoms with van der Waals surface area (Å²) in [6.07, 6.45) is -0.281. The Bertz CT molecular complexity index is 820. The number of halogens is 3. The van der Waals surface area contributed by atoms with Gasteiger partial charge in [-0.05, 0) is 12.1 Å². The van der Waals surface area contributed by atoms with Crippen molar-refractivity contribution >= 4 is 0 Å². The van der Waals surface area contributed by atoms with Gasteiger partial charge in [0, 0.05) is 16.4 Å². The van der Waals surface area contributed by atoms with E-state index in [4.69, 9.17) is 0 Å². The Morgan fingerprint density at radius 1 is 0.875 bits per heavy atom. The summed E-state index contributed by atoms with van der Waals surface area (Å²) in [6.45, 7) is 8.03. The van der Waals surface area contributed by atoms with Gasteiger partial charge in [-0.3, -0.25) is 0 Å². The Hall–Kier alpha value is -2.24. The molecule has 0 amide bonds. The number of nitrogens with zero attached hydrogens (tertiary/aromatic N) is 3. The van der Waals surface area contributed by atoms with E-state index in [0.29, 0.717) is 5.56 Å². The Labute approximate surface area is 138 Å². The molecule has 0 unspecified atom stereocenters. The van der Waals surface area contributed by atoms with Crippen LogP contribution in [0.15, 0.2) is 36.4 Å². The molecule has 0 radical (unpaired) electrons. The smallest absolute Gasteiger partial charge is 0.229 e. The number of rotatable bonds is 1. The van der Waals surface area contributed by atoms with E-state index in [1.165, 1.54) is 6.07 Å². The topological polar surface area (TPSA) is 38.7 Å². The summed E-state index contributed by atoms with van der Waals surface area (Å²) in [5, 5.41) is 8.38. The first-order valence-corrected chi connectivity index (χ1v) is 7.64. The van der Waals surface area contributed by atoms with E-state index < -0.39 is 11.7 Å². The van der Waals surface area contributed by atoms with Crippen LogP contribution in [0.4, 0.5) is 13.2 Å². The van der Waals surface area contributed by atoms with Crippen LogP contribution in [0, 0.1) is 0 Å². The molecule has 0 saturated heterocycles. The second-order valence-electron chi connectivity index (χ2n) is 7.19. The maximum absolute atomic E-state index is 12.9. The average Bonchev–Trinajstić information content (AvgIpc) is 2.51. The minimum atomic E-state index is -4.40. The lowest BCUT2D eigenvalue weighted by atomic mass is 9.73. The van der Waals surface area contributed by atoms with Crippen molar-refractivity contribution in [1.82, 2.24) is 15.2 Å². The first-order valence-electron chi connectivity index (χ1n) is 7.64. The number of benzene rings is 1. The summed E-state index contributed by atoms with van der Waals surface area (Å²) in [5.74, 6) is 0.207. The molecule has 24 heavy (non-hydrogen) atoms. The fourth-order valence-electron chi connectivity index (χ4n) is 2.74. The van der Waals surface area contributed by atoms with Crippen molar-refractivity contribution in [3.8, 4) is 11.4 Å². The van der Waals surface area contributed by atoms with Gasteiger partial charge >= 0.3 is 6.18 Å². The van der Waals surface area contributed by atoms with Crippen molar-refractivity contribution in [3.63, 3.8) is 0 Å². The highest BCUT2D eigenvalue weighted by molar-refractivity contribution is 5.57. The van der Waals surface area contributed by atoms with Crippen molar-refractivity contribution in [2.75, 3.05) is 0 Å². The standard InChI is InChI=1S/C18H18F3N3/c1-16(2)8-9-17(3,4)14-13(16)22-15(24-23-14)11-6-5-7-12(10-11)18(19,20)21/h5-10H,1-4H3. The Kier molecular flexibility index (Phi) is 3.55. The van der Waals surface area contributed by atoms with E-state index in [1.807, 2.05) is 27.7 Å². The molecule has 0 aliphatic heterocycles. The second-order valence-corrected chi connectivity index (χ2v) is 7.19. The number of fused-ring (bicyclic) bond motifs is 1. The molecule has 6 heteroatoms. The second kappa shape index (κ2) is 5.13. The molecule has 0 spiro atoms. The third kappa shape index (κ3) is 2.81. The molecule has 3 nitrogen and oxygen atoms in total. The van der Waals surface area contributed by atoms with Crippen LogP contribution in [0.1, 0.15) is 44.6 Å². The van der Waals surface area contributed by atoms with Gasteiger partial charge in [0.05, 0.1) is 17.0 Å². The third-order valence-corrected chi connectivity index (χ3v) is 4.27. The zero-order valence-corrected chi connectivity index (χ0v) is 13.9. The van der Waals surface area contributed by atoms with Gasteiger partial charge in [0.2, 0.25) is 0 Å². The van der Waals surface area contributed by atoms with Crippen molar-refractivity contribution < 1.29 is 13.2 Å². The summed E-state index contributed by atoms with van der Waals surface area (Å²) in [4.78, 5) is 4.56. The van der Waals surface area contributed by atoms with Gasteiger partial charge in [-0.15, -0.1) is 5.10 Å². The number of alkyl halides is 3. The highest BCUT2D eigenvalue weighted by Gasteiger charge is 2.36. The van der Waals surface area contributed by atoms with E-state index in [0.717, 1.165) is 23.5 Å². The quantitative estimate of drug-likeness (QED) is 0.711. The molecule has 1 aliphatic carbocycles. The van der Waals surface area contributed by atoms with Gasteiger partial charge in [-0.2, -0.15) is 18.3 Å². The van der Waals surface area contributed by atoms with Crippen LogP contribution in [0.2, 0.25) is 0 Å². The molecule has 0 saturated carbocycles. The van der Waals surface area contributed by atoms with Crippen molar-refractivity contribution in [1.29, 1.82) is 0 Å². The van der Waals surface area contributed by atoms with Crippen molar-refractivity contribution in [3.05, 3.63) is 53.4 Å². The van der Waals surface area contributed by atoms with Crippen LogP contribution in [0.25, 0.3) is 11.4 Å². The zero-order chi connectivity index (χ0) is 17.8. The van der Waals surface area contributed by atoms with Crippen LogP contribution in [-0.4, -0.2) is 15.2 Å². The largest absolute Gasteiger partial charge is 0.416 e. The molecule has 0 fully saturated rings. The van der Waals surface area contributed by atoms with Crippen LogP contribution in [0.3, 0.4) is 0 Å². The van der Waals surface area contributed by atoms with Crippen LogP contribution in [-0.2, 0) is 17.0 Å². The predicted molar refractivity (Wildman–Crippen MR) is 85.5 cm³/mol. The average molecular weight is 333 g/mol. The van der Waals surface area contributed by atoms with Gasteiger partial charge in [-0.1, -0.05) is 52.0 Å². The lowest BCUT2D eigenvalue weighted by molar-refractivity contribution is -0.137. The molecule has 126 valence electrons. The SMILES string of the molecule is CC1(C)C=CC(C)(C)c2nc(-c3cccc(C(F)(F)F)c3)nnc21. The maximum atomic E-state index is 12.9. The predicted octanol–water partition coefficient (Wildman–Crippen LogP) is 4.68. The first-order chi connectivity index (χ1) is 11.0. The number of hydrogen-bond donors (Lipinski definition) is 0. The molecule has 2 aromatic rings. The summed E-state index contributed by atoms with van der Waals surface area (Å²) >= 11 is 0. The molecule has 0 atom stereocenters. The third-order valence-electron chi connectivity index (χ3n) is 4.27. The van der Waals surface area contributed by atoms with Gasteiger partial charge < -0.3 is 0 Å². The van der Waals surface area contributed by atoms with Gasteiger partial charge in [0.25, 0.3) is 0 Å². The minimum Gasteiger partial charge on any atom is -0.229 e. The van der Waals surface area contributed by atoms with Gasteiger partial charge in [-0.25, -0.2) is 4.98 Å². The molecule has 3 rings (SSSR count). The highest BCUT2D eigenvalue weighted by atomic mass is 19.4.